The highest BCUT2D eigenvalue weighted by Gasteiger charge is 2.21. The molecule has 13 heteroatoms. The monoisotopic (exact) mass is 544 g/mol. The van der Waals surface area contributed by atoms with E-state index in [0.717, 1.165) is 0 Å². The van der Waals surface area contributed by atoms with Gasteiger partial charge in [-0.25, -0.2) is 15.0 Å². The van der Waals surface area contributed by atoms with Gasteiger partial charge in [-0.05, 0) is 32.1 Å². The van der Waals surface area contributed by atoms with Gasteiger partial charge in [-0.2, -0.15) is 18.6 Å². The molecule has 39 heavy (non-hydrogen) atoms. The van der Waals surface area contributed by atoms with Crippen LogP contribution in [0, 0.1) is 0 Å². The molecule has 2 fully saturated rings. The number of imidazole rings is 1. The number of rotatable bonds is 7. The Morgan fingerprint density at radius 1 is 1.05 bits per heavy atom. The van der Waals surface area contributed by atoms with E-state index in [0.29, 0.717) is 28.4 Å². The summed E-state index contributed by atoms with van der Waals surface area (Å²) in [5.74, 6) is 1.16. The molecular formula is C26H34F2N8O3. The second kappa shape index (κ2) is 15.3. The number of hydrogen-bond donors (Lipinski definition) is 1. The van der Waals surface area contributed by atoms with Crippen LogP contribution in [0.2, 0.25) is 0 Å². The summed E-state index contributed by atoms with van der Waals surface area (Å²) in [5.41, 5.74) is 0.741. The SMILES string of the molecule is C1CC1.CCN1CCC1.COc1ccccn1.COc1cnn(C(F)F)c1-c1cn2cc(NC=O)nc2cn1. The lowest BCUT2D eigenvalue weighted by atomic mass is 10.2. The van der Waals surface area contributed by atoms with Gasteiger partial charge in [0.05, 0.1) is 32.8 Å². The number of ether oxygens (including phenoxy) is 2. The third-order valence-corrected chi connectivity index (χ3v) is 5.55. The zero-order valence-corrected chi connectivity index (χ0v) is 22.3. The molecule has 0 bridgehead atoms. The molecule has 1 saturated heterocycles. The summed E-state index contributed by atoms with van der Waals surface area (Å²) in [7, 11) is 2.96. The number of hydrogen-bond acceptors (Lipinski definition) is 8. The molecular weight excluding hydrogens is 510 g/mol. The highest BCUT2D eigenvalue weighted by molar-refractivity contribution is 5.70. The normalized spacial score (nSPS) is 13.5. The molecule has 1 N–H and O–H groups in total. The average Bonchev–Trinajstić information content (AvgIpc) is 3.66. The molecule has 5 heterocycles. The van der Waals surface area contributed by atoms with Crippen molar-refractivity contribution in [3.63, 3.8) is 0 Å². The lowest BCUT2D eigenvalue weighted by molar-refractivity contribution is -0.105. The van der Waals surface area contributed by atoms with Crippen LogP contribution < -0.4 is 14.8 Å². The number of pyridine rings is 1. The number of carbonyl (C=O) groups excluding carboxylic acids is 1. The summed E-state index contributed by atoms with van der Waals surface area (Å²) in [6, 6.07) is 5.54. The van der Waals surface area contributed by atoms with Gasteiger partial charge in [-0.15, -0.1) is 0 Å². The summed E-state index contributed by atoms with van der Waals surface area (Å²) in [5, 5.41) is 6.00. The van der Waals surface area contributed by atoms with Crippen LogP contribution in [0.3, 0.4) is 0 Å². The molecule has 11 nitrogen and oxygen atoms in total. The Labute approximate surface area is 225 Å². The van der Waals surface area contributed by atoms with Gasteiger partial charge in [0.15, 0.2) is 17.2 Å². The van der Waals surface area contributed by atoms with Gasteiger partial charge in [-0.1, -0.05) is 32.3 Å². The molecule has 4 aromatic rings. The van der Waals surface area contributed by atoms with Crippen LogP contribution in [-0.4, -0.2) is 74.3 Å². The summed E-state index contributed by atoms with van der Waals surface area (Å²) < 4.78 is 38.0. The molecule has 0 atom stereocenters. The zero-order chi connectivity index (χ0) is 28.0. The Kier molecular flexibility index (Phi) is 11.6. The first-order chi connectivity index (χ1) is 19.0. The van der Waals surface area contributed by atoms with E-state index in [1.165, 1.54) is 77.2 Å². The number of nitrogens with one attached hydrogen (secondary N) is 1. The third kappa shape index (κ3) is 8.99. The van der Waals surface area contributed by atoms with E-state index in [1.807, 2.05) is 12.1 Å². The molecule has 6 rings (SSSR count). The van der Waals surface area contributed by atoms with Crippen molar-refractivity contribution < 1.29 is 23.0 Å². The molecule has 1 aliphatic carbocycles. The number of amides is 1. The van der Waals surface area contributed by atoms with Crippen molar-refractivity contribution in [1.82, 2.24) is 34.0 Å². The molecule has 0 radical (unpaired) electrons. The largest absolute Gasteiger partial charge is 0.493 e. The average molecular weight is 545 g/mol. The fourth-order valence-electron chi connectivity index (χ4n) is 3.20. The summed E-state index contributed by atoms with van der Waals surface area (Å²) in [6.45, 7) is 3.32. The zero-order valence-electron chi connectivity index (χ0n) is 22.3. The molecule has 1 amide bonds. The van der Waals surface area contributed by atoms with Crippen LogP contribution >= 0.6 is 0 Å². The topological polar surface area (TPSA) is 112 Å². The van der Waals surface area contributed by atoms with Crippen LogP contribution in [0.15, 0.2) is 49.2 Å². The number of alkyl halides is 2. The van der Waals surface area contributed by atoms with E-state index in [1.54, 1.807) is 23.8 Å². The van der Waals surface area contributed by atoms with E-state index in [4.69, 9.17) is 9.47 Å². The van der Waals surface area contributed by atoms with Crippen molar-refractivity contribution in [2.24, 2.45) is 0 Å². The summed E-state index contributed by atoms with van der Waals surface area (Å²) in [4.78, 5) is 24.9. The Morgan fingerprint density at radius 2 is 1.82 bits per heavy atom. The van der Waals surface area contributed by atoms with Crippen LogP contribution in [0.1, 0.15) is 39.2 Å². The first-order valence-corrected chi connectivity index (χ1v) is 12.6. The Bertz CT molecular complexity index is 1270. The Balaban J connectivity index is 0.000000198. The van der Waals surface area contributed by atoms with Crippen LogP contribution in [0.4, 0.5) is 14.6 Å². The van der Waals surface area contributed by atoms with Gasteiger partial charge in [0, 0.05) is 18.5 Å². The molecule has 1 saturated carbocycles. The van der Waals surface area contributed by atoms with Crippen LogP contribution in [0.25, 0.3) is 17.0 Å². The maximum Gasteiger partial charge on any atom is 0.333 e. The van der Waals surface area contributed by atoms with Crippen molar-refractivity contribution in [3.05, 3.63) is 49.2 Å². The number of halogens is 2. The van der Waals surface area contributed by atoms with Crippen LogP contribution in [0.5, 0.6) is 11.6 Å². The molecule has 4 aromatic heterocycles. The lowest BCUT2D eigenvalue weighted by Gasteiger charge is -2.28. The number of nitrogens with zero attached hydrogens (tertiary/aromatic N) is 7. The number of anilines is 1. The van der Waals surface area contributed by atoms with Crippen molar-refractivity contribution in [2.45, 2.75) is 39.2 Å². The van der Waals surface area contributed by atoms with Gasteiger partial charge in [-0.3, -0.25) is 4.79 Å². The van der Waals surface area contributed by atoms with E-state index >= 15 is 0 Å². The second-order valence-electron chi connectivity index (χ2n) is 8.43. The third-order valence-electron chi connectivity index (χ3n) is 5.55. The Morgan fingerprint density at radius 3 is 2.28 bits per heavy atom. The van der Waals surface area contributed by atoms with Gasteiger partial charge in [0.2, 0.25) is 12.3 Å². The van der Waals surface area contributed by atoms with E-state index < -0.39 is 6.55 Å². The van der Waals surface area contributed by atoms with Crippen molar-refractivity contribution in [3.8, 4) is 23.0 Å². The number of likely N-dealkylation sites (tertiary alicyclic amines) is 1. The number of methoxy groups -OCH3 is 2. The highest BCUT2D eigenvalue weighted by atomic mass is 19.3. The molecule has 0 aromatic carbocycles. The first-order valence-electron chi connectivity index (χ1n) is 12.6. The minimum atomic E-state index is -2.83. The predicted octanol–water partition coefficient (Wildman–Crippen LogP) is 4.54. The maximum atomic E-state index is 13.0. The lowest BCUT2D eigenvalue weighted by Crippen LogP contribution is -2.36. The van der Waals surface area contributed by atoms with Crippen molar-refractivity contribution in [2.75, 3.05) is 39.2 Å². The van der Waals surface area contributed by atoms with E-state index in [-0.39, 0.29) is 17.1 Å². The van der Waals surface area contributed by atoms with Gasteiger partial charge < -0.3 is 24.1 Å². The first kappa shape index (κ1) is 29.4. The van der Waals surface area contributed by atoms with Gasteiger partial charge in [0.25, 0.3) is 0 Å². The smallest absolute Gasteiger partial charge is 0.333 e. The second-order valence-corrected chi connectivity index (χ2v) is 8.43. The highest BCUT2D eigenvalue weighted by Crippen LogP contribution is 2.31. The van der Waals surface area contributed by atoms with Gasteiger partial charge in [0.1, 0.15) is 11.4 Å². The predicted molar refractivity (Wildman–Crippen MR) is 143 cm³/mol. The summed E-state index contributed by atoms with van der Waals surface area (Å²) >= 11 is 0. The molecule has 0 spiro atoms. The number of aromatic nitrogens is 6. The fraction of sp³-hybridized carbons (Fsp3) is 0.423. The summed E-state index contributed by atoms with van der Waals surface area (Å²) in [6.07, 6.45) is 13.7. The minimum absolute atomic E-state index is 0.0537. The van der Waals surface area contributed by atoms with E-state index in [9.17, 15) is 13.6 Å². The van der Waals surface area contributed by atoms with Crippen LogP contribution in [-0.2, 0) is 4.79 Å². The molecule has 1 aliphatic heterocycles. The van der Waals surface area contributed by atoms with Crippen molar-refractivity contribution in [1.29, 1.82) is 0 Å². The quantitative estimate of drug-likeness (QED) is 0.338. The van der Waals surface area contributed by atoms with E-state index in [2.05, 4.69) is 37.2 Å². The number of carbonyl (C=O) groups is 1. The molecule has 2 aliphatic rings. The van der Waals surface area contributed by atoms with Crippen molar-refractivity contribution >= 4 is 17.9 Å². The number of fused-ring (bicyclic) bond motifs is 1. The molecule has 0 unspecified atom stereocenters. The fourth-order valence-corrected chi connectivity index (χ4v) is 3.20. The molecule has 210 valence electrons. The maximum absolute atomic E-state index is 13.0. The Hall–Kier alpha value is -4.13. The standard InChI is InChI=1S/C12H10F2N6O2.C6H7NO.C5H11N.C3H6/c1-22-8-2-17-20(12(13)14)11(8)7-4-19-5-9(16-6-21)18-10(19)3-15-7;1-8-6-4-2-3-5-7-6;1-2-6-4-3-5-6;1-2-3-1/h2-6,12H,1H3,(H,16,21);2-5H,1H3;2-5H2,1H3;1-3H2. The van der Waals surface area contributed by atoms with Gasteiger partial charge >= 0.3 is 6.55 Å². The minimum Gasteiger partial charge on any atom is -0.493 e.